The Morgan fingerprint density at radius 1 is 1.07 bits per heavy atom. The molecule has 2 heteroatoms. The smallest absolute Gasteiger partial charge is 0.0558 e. The van der Waals surface area contributed by atoms with Crippen molar-refractivity contribution in [3.8, 4) is 0 Å². The lowest BCUT2D eigenvalue weighted by atomic mass is 9.94. The van der Waals surface area contributed by atoms with Crippen LogP contribution in [0.2, 0.25) is 0 Å². The van der Waals surface area contributed by atoms with Gasteiger partial charge in [-0.3, -0.25) is 4.90 Å². The summed E-state index contributed by atoms with van der Waals surface area (Å²) in [6.07, 6.45) is 10.8. The summed E-state index contributed by atoms with van der Waals surface area (Å²) in [5, 5.41) is 9.08. The molecule has 0 heterocycles. The molecule has 1 aliphatic carbocycles. The van der Waals surface area contributed by atoms with Gasteiger partial charge in [0.2, 0.25) is 0 Å². The van der Waals surface area contributed by atoms with Crippen molar-refractivity contribution >= 4 is 0 Å². The van der Waals surface area contributed by atoms with Crippen LogP contribution in [0.1, 0.15) is 58.3 Å². The van der Waals surface area contributed by atoms with E-state index in [4.69, 9.17) is 5.11 Å². The standard InChI is InChI=1S/C13H27NO/c1-2-3-7-10-14(11-12-15)13-8-5-4-6-9-13/h13,15H,2-12H2,1H3. The highest BCUT2D eigenvalue weighted by atomic mass is 16.3. The zero-order valence-electron chi connectivity index (χ0n) is 10.2. The maximum atomic E-state index is 9.08. The quantitative estimate of drug-likeness (QED) is 0.657. The molecule has 1 saturated carbocycles. The molecule has 1 fully saturated rings. The van der Waals surface area contributed by atoms with Crippen molar-refractivity contribution in [2.45, 2.75) is 64.3 Å². The third kappa shape index (κ3) is 4.98. The number of rotatable bonds is 7. The molecule has 0 bridgehead atoms. The minimum atomic E-state index is 0.322. The van der Waals surface area contributed by atoms with Crippen LogP contribution in [0, 0.1) is 0 Å². The van der Waals surface area contributed by atoms with Gasteiger partial charge < -0.3 is 5.11 Å². The molecule has 0 spiro atoms. The summed E-state index contributed by atoms with van der Waals surface area (Å²) in [6, 6.07) is 0.766. The Morgan fingerprint density at radius 2 is 1.80 bits per heavy atom. The van der Waals surface area contributed by atoms with Gasteiger partial charge >= 0.3 is 0 Å². The van der Waals surface area contributed by atoms with Gasteiger partial charge in [0.15, 0.2) is 0 Å². The van der Waals surface area contributed by atoms with Gasteiger partial charge in [-0.25, -0.2) is 0 Å². The van der Waals surface area contributed by atoms with Gasteiger partial charge in [0.25, 0.3) is 0 Å². The molecule has 0 saturated heterocycles. The largest absolute Gasteiger partial charge is 0.395 e. The van der Waals surface area contributed by atoms with Gasteiger partial charge in [-0.05, 0) is 25.8 Å². The topological polar surface area (TPSA) is 23.5 Å². The number of aliphatic hydroxyl groups excluding tert-OH is 1. The summed E-state index contributed by atoms with van der Waals surface area (Å²) >= 11 is 0. The molecule has 0 aromatic heterocycles. The number of hydrogen-bond acceptors (Lipinski definition) is 2. The van der Waals surface area contributed by atoms with Gasteiger partial charge in [-0.1, -0.05) is 39.0 Å². The number of hydrogen-bond donors (Lipinski definition) is 1. The first kappa shape index (κ1) is 13.0. The first-order chi connectivity index (χ1) is 7.38. The highest BCUT2D eigenvalue weighted by Gasteiger charge is 2.19. The summed E-state index contributed by atoms with van der Waals surface area (Å²) in [5.74, 6) is 0. The van der Waals surface area contributed by atoms with Crippen LogP contribution in [0.3, 0.4) is 0 Å². The summed E-state index contributed by atoms with van der Waals surface area (Å²) in [7, 11) is 0. The first-order valence-corrected chi connectivity index (χ1v) is 6.73. The first-order valence-electron chi connectivity index (χ1n) is 6.73. The molecule has 0 aromatic carbocycles. The molecular formula is C13H27NO. The van der Waals surface area contributed by atoms with Crippen LogP contribution in [0.25, 0.3) is 0 Å². The Labute approximate surface area is 94.7 Å². The van der Waals surface area contributed by atoms with Crippen molar-refractivity contribution in [3.05, 3.63) is 0 Å². The molecule has 0 amide bonds. The van der Waals surface area contributed by atoms with Crippen molar-refractivity contribution in [2.75, 3.05) is 19.7 Å². The van der Waals surface area contributed by atoms with Gasteiger partial charge in [0.05, 0.1) is 6.61 Å². The summed E-state index contributed by atoms with van der Waals surface area (Å²) in [6.45, 7) is 4.65. The van der Waals surface area contributed by atoms with Crippen molar-refractivity contribution in [2.24, 2.45) is 0 Å². The molecule has 90 valence electrons. The SMILES string of the molecule is CCCCCN(CCO)C1CCCCC1. The Balaban J connectivity index is 2.26. The predicted octanol–water partition coefficient (Wildman–Crippen LogP) is 2.80. The molecular weight excluding hydrogens is 186 g/mol. The molecule has 0 unspecified atom stereocenters. The van der Waals surface area contributed by atoms with E-state index in [9.17, 15) is 0 Å². The highest BCUT2D eigenvalue weighted by Crippen LogP contribution is 2.22. The monoisotopic (exact) mass is 213 g/mol. The Bertz CT molecular complexity index is 143. The van der Waals surface area contributed by atoms with E-state index in [1.165, 1.54) is 57.9 Å². The molecule has 0 aromatic rings. The van der Waals surface area contributed by atoms with Gasteiger partial charge in [-0.15, -0.1) is 0 Å². The highest BCUT2D eigenvalue weighted by molar-refractivity contribution is 4.75. The van der Waals surface area contributed by atoms with Crippen LogP contribution in [0.15, 0.2) is 0 Å². The van der Waals surface area contributed by atoms with Crippen molar-refractivity contribution < 1.29 is 5.11 Å². The zero-order chi connectivity index (χ0) is 10.9. The third-order valence-electron chi connectivity index (χ3n) is 3.53. The average Bonchev–Trinajstić information content (AvgIpc) is 2.29. The Hall–Kier alpha value is -0.0800. The van der Waals surface area contributed by atoms with Crippen LogP contribution in [0.4, 0.5) is 0 Å². The maximum Gasteiger partial charge on any atom is 0.0558 e. The van der Waals surface area contributed by atoms with E-state index in [0.717, 1.165) is 12.6 Å². The molecule has 0 atom stereocenters. The lowest BCUT2D eigenvalue weighted by Gasteiger charge is -2.33. The van der Waals surface area contributed by atoms with E-state index in [1.807, 2.05) is 0 Å². The minimum absolute atomic E-state index is 0.322. The van der Waals surface area contributed by atoms with Crippen LogP contribution in [-0.2, 0) is 0 Å². The molecule has 1 rings (SSSR count). The Kier molecular flexibility index (Phi) is 7.03. The molecule has 1 aliphatic rings. The fourth-order valence-electron chi connectivity index (χ4n) is 2.62. The van der Waals surface area contributed by atoms with Gasteiger partial charge in [0.1, 0.15) is 0 Å². The van der Waals surface area contributed by atoms with E-state index < -0.39 is 0 Å². The van der Waals surface area contributed by atoms with Gasteiger partial charge in [-0.2, -0.15) is 0 Å². The van der Waals surface area contributed by atoms with E-state index in [2.05, 4.69) is 11.8 Å². The van der Waals surface area contributed by atoms with Gasteiger partial charge in [0, 0.05) is 12.6 Å². The third-order valence-corrected chi connectivity index (χ3v) is 3.53. The van der Waals surface area contributed by atoms with E-state index in [1.54, 1.807) is 0 Å². The lowest BCUT2D eigenvalue weighted by molar-refractivity contribution is 0.122. The zero-order valence-corrected chi connectivity index (χ0v) is 10.2. The van der Waals surface area contributed by atoms with E-state index >= 15 is 0 Å². The second kappa shape index (κ2) is 8.12. The Morgan fingerprint density at radius 3 is 2.40 bits per heavy atom. The predicted molar refractivity (Wildman–Crippen MR) is 65.1 cm³/mol. The normalized spacial score (nSPS) is 18.6. The molecule has 1 N–H and O–H groups in total. The fraction of sp³-hybridized carbons (Fsp3) is 1.00. The molecule has 0 aliphatic heterocycles. The van der Waals surface area contributed by atoms with E-state index in [0.29, 0.717) is 6.61 Å². The maximum absolute atomic E-state index is 9.08. The second-order valence-electron chi connectivity index (χ2n) is 4.76. The van der Waals surface area contributed by atoms with Crippen molar-refractivity contribution in [3.63, 3.8) is 0 Å². The summed E-state index contributed by atoms with van der Waals surface area (Å²) in [4.78, 5) is 2.52. The molecule has 15 heavy (non-hydrogen) atoms. The number of aliphatic hydroxyl groups is 1. The number of nitrogens with zero attached hydrogens (tertiary/aromatic N) is 1. The van der Waals surface area contributed by atoms with E-state index in [-0.39, 0.29) is 0 Å². The van der Waals surface area contributed by atoms with Crippen LogP contribution < -0.4 is 0 Å². The molecule has 0 radical (unpaired) electrons. The average molecular weight is 213 g/mol. The summed E-state index contributed by atoms with van der Waals surface area (Å²) in [5.41, 5.74) is 0. The summed E-state index contributed by atoms with van der Waals surface area (Å²) < 4.78 is 0. The number of unbranched alkanes of at least 4 members (excludes halogenated alkanes) is 2. The minimum Gasteiger partial charge on any atom is -0.395 e. The fourth-order valence-corrected chi connectivity index (χ4v) is 2.62. The van der Waals surface area contributed by atoms with Crippen LogP contribution in [0.5, 0.6) is 0 Å². The van der Waals surface area contributed by atoms with Crippen LogP contribution >= 0.6 is 0 Å². The lowest BCUT2D eigenvalue weighted by Crippen LogP contribution is -2.39. The second-order valence-corrected chi connectivity index (χ2v) is 4.76. The molecule has 2 nitrogen and oxygen atoms in total. The van der Waals surface area contributed by atoms with Crippen LogP contribution in [-0.4, -0.2) is 35.7 Å². The van der Waals surface area contributed by atoms with Crippen molar-refractivity contribution in [1.82, 2.24) is 4.90 Å². The van der Waals surface area contributed by atoms with Crippen molar-refractivity contribution in [1.29, 1.82) is 0 Å².